The van der Waals surface area contributed by atoms with Gasteiger partial charge in [0.2, 0.25) is 29.4 Å². The van der Waals surface area contributed by atoms with E-state index in [0.717, 1.165) is 13.0 Å². The molecule has 5 amide bonds. The van der Waals surface area contributed by atoms with Gasteiger partial charge in [-0.25, -0.2) is 0 Å². The van der Waals surface area contributed by atoms with Crippen molar-refractivity contribution < 1.29 is 43.5 Å². The molecule has 18 nitrogen and oxygen atoms in total. The maximum absolute atomic E-state index is 14.0. The van der Waals surface area contributed by atoms with E-state index in [1.165, 1.54) is 23.1 Å². The van der Waals surface area contributed by atoms with Crippen molar-refractivity contribution in [2.45, 2.75) is 75.7 Å². The number of aromatic hydroxyl groups is 1. The lowest BCUT2D eigenvalue weighted by Gasteiger charge is -2.29. The second kappa shape index (κ2) is 20.2. The number of aliphatic imine (C=N–C) groups is 1. The molecule has 5 unspecified atom stereocenters. The van der Waals surface area contributed by atoms with Crippen LogP contribution < -0.4 is 38.2 Å². The molecule has 5 atom stereocenters. The second-order valence-electron chi connectivity index (χ2n) is 13.1. The Morgan fingerprint density at radius 1 is 0.927 bits per heavy atom. The van der Waals surface area contributed by atoms with Crippen molar-refractivity contribution in [3.8, 4) is 5.75 Å². The van der Waals surface area contributed by atoms with E-state index in [0.29, 0.717) is 17.5 Å². The number of phenols is 1. The van der Waals surface area contributed by atoms with Crippen molar-refractivity contribution in [3.05, 3.63) is 77.9 Å². The molecule has 10 N–H and O–H groups in total. The molecule has 2 aliphatic heterocycles. The van der Waals surface area contributed by atoms with Crippen molar-refractivity contribution >= 4 is 47.2 Å². The van der Waals surface area contributed by atoms with Gasteiger partial charge < -0.3 is 47.6 Å². The molecule has 0 radical (unpaired) electrons. The summed E-state index contributed by atoms with van der Waals surface area (Å²) in [7, 11) is 0. The van der Waals surface area contributed by atoms with E-state index in [1.54, 1.807) is 42.5 Å². The van der Waals surface area contributed by atoms with Crippen LogP contribution in [0.15, 0.2) is 71.7 Å². The Labute approximate surface area is 317 Å². The maximum Gasteiger partial charge on any atom is 0.321 e. The summed E-state index contributed by atoms with van der Waals surface area (Å²) in [6.45, 7) is 0.975. The van der Waals surface area contributed by atoms with Crippen molar-refractivity contribution in [2.24, 2.45) is 16.5 Å². The van der Waals surface area contributed by atoms with Crippen LogP contribution in [-0.4, -0.2) is 107 Å². The van der Waals surface area contributed by atoms with Crippen LogP contribution in [-0.2, 0) is 51.2 Å². The first-order valence-electron chi connectivity index (χ1n) is 17.8. The number of fused-ring (bicyclic) bond motifs is 1. The summed E-state index contributed by atoms with van der Waals surface area (Å²) >= 11 is 0. The zero-order valence-corrected chi connectivity index (χ0v) is 30.4. The third-order valence-corrected chi connectivity index (χ3v) is 8.87. The lowest BCUT2D eigenvalue weighted by Crippen LogP contribution is -2.58. The van der Waals surface area contributed by atoms with Gasteiger partial charge in [-0.2, -0.15) is 0 Å². The number of rotatable bonds is 10. The first-order valence-corrected chi connectivity index (χ1v) is 17.8. The number of ketones is 1. The first kappa shape index (κ1) is 41.5. The minimum atomic E-state index is -1.39. The van der Waals surface area contributed by atoms with Gasteiger partial charge in [0.05, 0.1) is 12.1 Å². The summed E-state index contributed by atoms with van der Waals surface area (Å²) in [5.74, 6) is -5.83. The summed E-state index contributed by atoms with van der Waals surface area (Å²) in [6.07, 6.45) is 3.46. The van der Waals surface area contributed by atoms with E-state index >= 15 is 0 Å². The zero-order chi connectivity index (χ0) is 39.9. The molecule has 1 saturated heterocycles. The molecule has 0 saturated carbocycles. The molecular weight excluding hydrogens is 714 g/mol. The molecule has 0 aliphatic carbocycles. The number of hydrogen-bond donors (Lipinski definition) is 8. The number of nitrogens with two attached hydrogens (primary N) is 2. The van der Waals surface area contributed by atoms with Crippen LogP contribution in [0, 0.1) is 0 Å². The normalized spacial score (nSPS) is 22.9. The van der Waals surface area contributed by atoms with Crippen LogP contribution in [0.1, 0.15) is 43.7 Å². The van der Waals surface area contributed by atoms with E-state index in [4.69, 9.17) is 16.3 Å². The Kier molecular flexibility index (Phi) is 15.3. The quantitative estimate of drug-likeness (QED) is 0.0446. The topological polar surface area (TPSA) is 277 Å². The van der Waals surface area contributed by atoms with Gasteiger partial charge in [-0.15, -0.1) is 5.48 Å². The second-order valence-corrected chi connectivity index (χ2v) is 13.1. The van der Waals surface area contributed by atoms with Crippen LogP contribution in [0.25, 0.3) is 0 Å². The van der Waals surface area contributed by atoms with Gasteiger partial charge in [0.25, 0.3) is 5.91 Å². The highest BCUT2D eigenvalue weighted by atomic mass is 16.7. The van der Waals surface area contributed by atoms with Crippen molar-refractivity contribution in [3.63, 3.8) is 0 Å². The van der Waals surface area contributed by atoms with E-state index < -0.39 is 71.5 Å². The van der Waals surface area contributed by atoms with Gasteiger partial charge in [-0.3, -0.25) is 38.6 Å². The van der Waals surface area contributed by atoms with E-state index in [2.05, 4.69) is 31.7 Å². The molecule has 294 valence electrons. The molecule has 2 heterocycles. The van der Waals surface area contributed by atoms with Gasteiger partial charge in [-0.1, -0.05) is 48.5 Å². The molecule has 2 aliphatic rings. The summed E-state index contributed by atoms with van der Waals surface area (Å²) in [4.78, 5) is 104. The summed E-state index contributed by atoms with van der Waals surface area (Å²) in [5.41, 5.74) is 14.6. The first-order chi connectivity index (χ1) is 26.3. The van der Waals surface area contributed by atoms with Crippen LogP contribution in [0.4, 0.5) is 0 Å². The summed E-state index contributed by atoms with van der Waals surface area (Å²) in [6, 6.07) is 9.09. The molecule has 2 aromatic carbocycles. The number of phenolic OH excluding ortho intramolecular Hbond substituents is 1. The van der Waals surface area contributed by atoms with Gasteiger partial charge in [0, 0.05) is 39.1 Å². The number of nitrogens with zero attached hydrogens (tertiary/aromatic N) is 2. The highest BCUT2D eigenvalue weighted by Gasteiger charge is 2.40. The van der Waals surface area contributed by atoms with E-state index in [9.17, 15) is 38.7 Å². The molecular formula is C37H47N9O9. The monoisotopic (exact) mass is 761 g/mol. The van der Waals surface area contributed by atoms with Crippen LogP contribution in [0.3, 0.4) is 0 Å². The largest absolute Gasteiger partial charge is 0.508 e. The highest BCUT2D eigenvalue weighted by Crippen LogP contribution is 2.20. The summed E-state index contributed by atoms with van der Waals surface area (Å²) in [5, 5.41) is 20.4. The third kappa shape index (κ3) is 13.0. The van der Waals surface area contributed by atoms with Crippen LogP contribution in [0.2, 0.25) is 0 Å². The molecule has 55 heavy (non-hydrogen) atoms. The molecule has 2 aromatic rings. The number of hydrogen-bond acceptors (Lipinski definition) is 11. The lowest BCUT2D eigenvalue weighted by atomic mass is 10.0. The number of Topliss-reactive ketones (excluding diaryl/α,β-unsaturated/α-hetero) is 1. The van der Waals surface area contributed by atoms with E-state index in [-0.39, 0.29) is 63.4 Å². The number of hydroxylamine groups is 1. The number of benzene rings is 2. The predicted octanol–water partition coefficient (Wildman–Crippen LogP) is -1.63. The lowest BCUT2D eigenvalue weighted by molar-refractivity contribution is -0.155. The third-order valence-electron chi connectivity index (χ3n) is 8.87. The average Bonchev–Trinajstić information content (AvgIpc) is 3.65. The molecule has 1 fully saturated rings. The Morgan fingerprint density at radius 3 is 2.33 bits per heavy atom. The van der Waals surface area contributed by atoms with Crippen molar-refractivity contribution in [1.82, 2.24) is 31.6 Å². The van der Waals surface area contributed by atoms with Gasteiger partial charge in [0.15, 0.2) is 5.96 Å². The van der Waals surface area contributed by atoms with Gasteiger partial charge in [0.1, 0.15) is 23.9 Å². The number of guanidine groups is 1. The number of amides is 5. The van der Waals surface area contributed by atoms with Gasteiger partial charge in [-0.05, 0) is 55.4 Å². The van der Waals surface area contributed by atoms with Crippen molar-refractivity contribution in [1.29, 1.82) is 0 Å². The minimum Gasteiger partial charge on any atom is -0.508 e. The fraction of sp³-hybridized carbons (Fsp3) is 0.405. The van der Waals surface area contributed by atoms with Crippen LogP contribution >= 0.6 is 0 Å². The fourth-order valence-electron chi connectivity index (χ4n) is 6.13. The smallest absolute Gasteiger partial charge is 0.321 e. The molecule has 0 spiro atoms. The number of nitrogens with one attached hydrogen (secondary N) is 5. The Hall–Kier alpha value is -6.30. The maximum atomic E-state index is 14.0. The fourth-order valence-corrected chi connectivity index (χ4v) is 6.13. The Bertz CT molecular complexity index is 1760. The SMILES string of the molecule is CC(=O)ONC1CNC(=O)C=CC(Cc2ccc(O)cc2)NC(=O)C(Cc2ccccc2)NC(=O)C(=O)C(CCCN=C(N)N)NC(=O)C2CCCN2C1=O. The van der Waals surface area contributed by atoms with Crippen molar-refractivity contribution in [2.75, 3.05) is 19.6 Å². The minimum absolute atomic E-state index is 0.0147. The van der Waals surface area contributed by atoms with Crippen LogP contribution in [0.5, 0.6) is 5.75 Å². The molecule has 4 rings (SSSR count). The van der Waals surface area contributed by atoms with Gasteiger partial charge >= 0.3 is 5.97 Å². The Balaban J connectivity index is 1.72. The highest BCUT2D eigenvalue weighted by molar-refractivity contribution is 6.38. The average molecular weight is 762 g/mol. The molecule has 0 aromatic heterocycles. The number of carbonyl (C=O) groups is 7. The summed E-state index contributed by atoms with van der Waals surface area (Å²) < 4.78 is 0. The predicted molar refractivity (Wildman–Crippen MR) is 198 cm³/mol. The molecule has 0 bridgehead atoms. The van der Waals surface area contributed by atoms with E-state index in [1.807, 2.05) is 0 Å². The number of carbonyl (C=O) groups excluding carboxylic acids is 7. The Morgan fingerprint density at radius 2 is 1.64 bits per heavy atom. The standard InChI is InChI=1S/C37H47N9O9/c1-22(47)55-45-29-21-41-31(49)16-13-25(19-24-11-14-26(48)15-12-24)42-33(51)28(20-23-7-3-2-4-8-23)44-35(53)32(50)27(9-5-17-40-37(38)39)43-34(52)30-10-6-18-46(30)36(29)54/h2-4,7-8,11-16,25,27-30,45,48H,5-6,9-10,17-21H2,1H3,(H,41,49)(H,42,51)(H,43,52)(H,44,53)(H4,38,39,40). The zero-order valence-electron chi connectivity index (χ0n) is 30.4. The molecule has 18 heteroatoms.